The first-order valence-corrected chi connectivity index (χ1v) is 6.65. The minimum absolute atomic E-state index is 0.0271. The van der Waals surface area contributed by atoms with Crippen molar-refractivity contribution in [2.45, 2.75) is 38.6 Å². The van der Waals surface area contributed by atoms with Crippen molar-refractivity contribution in [2.75, 3.05) is 18.0 Å². The topological polar surface area (TPSA) is 90.2 Å². The molecule has 0 radical (unpaired) electrons. The van der Waals surface area contributed by atoms with Crippen LogP contribution in [0.15, 0.2) is 0 Å². The Morgan fingerprint density at radius 3 is 2.79 bits per heavy atom. The molecule has 2 N–H and O–H groups in total. The maximum atomic E-state index is 11.4. The number of rotatable bonds is 4. The molecule has 1 aliphatic heterocycles. The third-order valence-corrected chi connectivity index (χ3v) is 3.67. The number of nitro groups is 1. The quantitative estimate of drug-likeness (QED) is 0.657. The van der Waals surface area contributed by atoms with Gasteiger partial charge in [0.15, 0.2) is 0 Å². The summed E-state index contributed by atoms with van der Waals surface area (Å²) in [5.41, 5.74) is 6.45. The lowest BCUT2D eigenvalue weighted by Gasteiger charge is -2.24. The van der Waals surface area contributed by atoms with Crippen LogP contribution in [0.4, 0.5) is 11.5 Å². The molecule has 0 aliphatic carbocycles. The lowest BCUT2D eigenvalue weighted by Crippen LogP contribution is -2.36. The molecule has 1 aliphatic rings. The maximum absolute atomic E-state index is 11.4. The molecule has 0 saturated carbocycles. The Balaban J connectivity index is 2.53. The molecule has 0 aromatic carbocycles. The molecule has 0 bridgehead atoms. The molecule has 0 spiro atoms. The smallest absolute Gasteiger partial charge is 0.334 e. The number of aryl methyl sites for hydroxylation is 1. The fraction of sp³-hybridized carbons (Fsp3) is 0.750. The predicted molar refractivity (Wildman–Crippen MR) is 73.4 cm³/mol. The standard InChI is InChI=1S/C12H21N5O2/c1-8(2)10-11(17(18)19)12(15(3)14-10)16-6-4-5-9(16)7-13/h8-9H,4-7,13H2,1-3H3. The highest BCUT2D eigenvalue weighted by Gasteiger charge is 2.36. The molecule has 106 valence electrons. The molecule has 1 aromatic rings. The Hall–Kier alpha value is -1.63. The number of aromatic nitrogens is 2. The summed E-state index contributed by atoms with van der Waals surface area (Å²) in [7, 11) is 1.76. The summed E-state index contributed by atoms with van der Waals surface area (Å²) >= 11 is 0. The normalized spacial score (nSPS) is 19.4. The zero-order valence-electron chi connectivity index (χ0n) is 11.7. The van der Waals surface area contributed by atoms with Gasteiger partial charge in [-0.15, -0.1) is 0 Å². The summed E-state index contributed by atoms with van der Waals surface area (Å²) in [6, 6.07) is 0.175. The number of anilines is 1. The van der Waals surface area contributed by atoms with Crippen LogP contribution in [0.2, 0.25) is 0 Å². The molecule has 1 fully saturated rings. The third-order valence-electron chi connectivity index (χ3n) is 3.67. The van der Waals surface area contributed by atoms with E-state index < -0.39 is 0 Å². The lowest BCUT2D eigenvalue weighted by atomic mass is 10.1. The van der Waals surface area contributed by atoms with Gasteiger partial charge >= 0.3 is 5.69 Å². The number of hydrogen-bond donors (Lipinski definition) is 1. The van der Waals surface area contributed by atoms with Gasteiger partial charge in [0, 0.05) is 32.1 Å². The van der Waals surface area contributed by atoms with Gasteiger partial charge in [0.25, 0.3) is 0 Å². The van der Waals surface area contributed by atoms with Gasteiger partial charge in [-0.1, -0.05) is 13.8 Å². The van der Waals surface area contributed by atoms with E-state index in [9.17, 15) is 10.1 Å². The van der Waals surface area contributed by atoms with Crippen molar-refractivity contribution in [2.24, 2.45) is 12.8 Å². The van der Waals surface area contributed by atoms with Crippen LogP contribution < -0.4 is 10.6 Å². The van der Waals surface area contributed by atoms with Crippen molar-refractivity contribution < 1.29 is 4.92 Å². The highest BCUT2D eigenvalue weighted by Crippen LogP contribution is 2.38. The summed E-state index contributed by atoms with van der Waals surface area (Å²) in [6.45, 7) is 5.16. The summed E-state index contributed by atoms with van der Waals surface area (Å²) in [6.07, 6.45) is 2.00. The number of nitrogens with zero attached hydrogens (tertiary/aromatic N) is 4. The van der Waals surface area contributed by atoms with Gasteiger partial charge in [-0.2, -0.15) is 5.10 Å². The second-order valence-corrected chi connectivity index (χ2v) is 5.32. The van der Waals surface area contributed by atoms with Crippen LogP contribution in [0.1, 0.15) is 38.3 Å². The number of hydrogen-bond acceptors (Lipinski definition) is 5. The monoisotopic (exact) mass is 267 g/mol. The van der Waals surface area contributed by atoms with E-state index in [1.807, 2.05) is 18.7 Å². The van der Waals surface area contributed by atoms with E-state index in [-0.39, 0.29) is 22.6 Å². The molecule has 19 heavy (non-hydrogen) atoms. The Morgan fingerprint density at radius 1 is 1.58 bits per heavy atom. The van der Waals surface area contributed by atoms with Crippen molar-refractivity contribution in [1.82, 2.24) is 9.78 Å². The third kappa shape index (κ3) is 2.30. The summed E-state index contributed by atoms with van der Waals surface area (Å²) in [5.74, 6) is 0.626. The van der Waals surface area contributed by atoms with Crippen molar-refractivity contribution in [3.63, 3.8) is 0 Å². The minimum atomic E-state index is -0.316. The van der Waals surface area contributed by atoms with Crippen LogP contribution in [-0.4, -0.2) is 33.8 Å². The molecular weight excluding hydrogens is 246 g/mol. The summed E-state index contributed by atoms with van der Waals surface area (Å²) < 4.78 is 1.63. The molecule has 2 rings (SSSR count). The zero-order valence-corrected chi connectivity index (χ0v) is 11.7. The van der Waals surface area contributed by atoms with Crippen LogP contribution in [-0.2, 0) is 7.05 Å². The van der Waals surface area contributed by atoms with Gasteiger partial charge in [0.1, 0.15) is 5.69 Å². The molecule has 1 saturated heterocycles. The highest BCUT2D eigenvalue weighted by molar-refractivity contribution is 5.63. The first kappa shape index (κ1) is 13.8. The van der Waals surface area contributed by atoms with E-state index in [1.54, 1.807) is 11.7 Å². The van der Waals surface area contributed by atoms with Crippen LogP contribution >= 0.6 is 0 Å². The molecule has 7 nitrogen and oxygen atoms in total. The predicted octanol–water partition coefficient (Wildman–Crippen LogP) is 1.38. The van der Waals surface area contributed by atoms with Crippen molar-refractivity contribution in [3.05, 3.63) is 15.8 Å². The van der Waals surface area contributed by atoms with Crippen molar-refractivity contribution in [1.29, 1.82) is 0 Å². The second-order valence-electron chi connectivity index (χ2n) is 5.32. The average molecular weight is 267 g/mol. The first-order chi connectivity index (χ1) is 8.97. The Morgan fingerprint density at radius 2 is 2.26 bits per heavy atom. The van der Waals surface area contributed by atoms with E-state index in [2.05, 4.69) is 5.10 Å². The van der Waals surface area contributed by atoms with Gasteiger partial charge in [0.05, 0.1) is 4.92 Å². The van der Waals surface area contributed by atoms with E-state index in [1.165, 1.54) is 0 Å². The number of nitrogens with two attached hydrogens (primary N) is 1. The Kier molecular flexibility index (Phi) is 3.75. The van der Waals surface area contributed by atoms with E-state index in [0.717, 1.165) is 19.4 Å². The fourth-order valence-corrected chi connectivity index (χ4v) is 2.77. The van der Waals surface area contributed by atoms with Gasteiger partial charge < -0.3 is 10.6 Å². The van der Waals surface area contributed by atoms with Gasteiger partial charge in [-0.3, -0.25) is 10.1 Å². The van der Waals surface area contributed by atoms with Gasteiger partial charge in [-0.05, 0) is 12.8 Å². The molecule has 2 heterocycles. The van der Waals surface area contributed by atoms with Gasteiger partial charge in [0.2, 0.25) is 5.82 Å². The maximum Gasteiger partial charge on any atom is 0.334 e. The van der Waals surface area contributed by atoms with E-state index >= 15 is 0 Å². The van der Waals surface area contributed by atoms with Crippen LogP contribution in [0.25, 0.3) is 0 Å². The van der Waals surface area contributed by atoms with Crippen LogP contribution in [0.5, 0.6) is 0 Å². The van der Waals surface area contributed by atoms with Crippen molar-refractivity contribution in [3.8, 4) is 0 Å². The molecule has 1 unspecified atom stereocenters. The average Bonchev–Trinajstić information content (AvgIpc) is 2.91. The minimum Gasteiger partial charge on any atom is -0.347 e. The molecule has 0 amide bonds. The largest absolute Gasteiger partial charge is 0.347 e. The SMILES string of the molecule is CC(C)c1nn(C)c(N2CCCC2CN)c1[N+](=O)[O-]. The molecular formula is C12H21N5O2. The Bertz CT molecular complexity index is 483. The highest BCUT2D eigenvalue weighted by atomic mass is 16.6. The Labute approximate surface area is 112 Å². The summed E-state index contributed by atoms with van der Waals surface area (Å²) in [4.78, 5) is 13.1. The van der Waals surface area contributed by atoms with Crippen LogP contribution in [0, 0.1) is 10.1 Å². The molecule has 1 atom stereocenters. The van der Waals surface area contributed by atoms with E-state index in [4.69, 9.17) is 5.73 Å². The lowest BCUT2D eigenvalue weighted by molar-refractivity contribution is -0.385. The van der Waals surface area contributed by atoms with Gasteiger partial charge in [-0.25, -0.2) is 4.68 Å². The molecule has 1 aromatic heterocycles. The molecule has 7 heteroatoms. The first-order valence-electron chi connectivity index (χ1n) is 6.65. The van der Waals surface area contributed by atoms with Crippen LogP contribution in [0.3, 0.4) is 0 Å². The van der Waals surface area contributed by atoms with E-state index in [0.29, 0.717) is 18.1 Å². The zero-order chi connectivity index (χ0) is 14.2. The fourth-order valence-electron chi connectivity index (χ4n) is 2.77. The summed E-state index contributed by atoms with van der Waals surface area (Å²) in [5, 5.41) is 15.7. The second kappa shape index (κ2) is 5.16. The van der Waals surface area contributed by atoms with Crippen molar-refractivity contribution >= 4 is 11.5 Å².